The normalized spacial score (nSPS) is 16.8. The molecule has 0 bridgehead atoms. The minimum atomic E-state index is -3.48. The molecule has 0 saturated carbocycles. The highest BCUT2D eigenvalue weighted by atomic mass is 32.2. The monoisotopic (exact) mass is 351 g/mol. The third kappa shape index (κ3) is 3.47. The van der Waals surface area contributed by atoms with Crippen molar-refractivity contribution < 1.29 is 8.42 Å². The Balaban J connectivity index is 1.90. The lowest BCUT2D eigenvalue weighted by atomic mass is 10.1. The van der Waals surface area contributed by atoms with Crippen molar-refractivity contribution in [3.63, 3.8) is 0 Å². The Labute approximate surface area is 141 Å². The van der Waals surface area contributed by atoms with Crippen molar-refractivity contribution in [1.29, 1.82) is 0 Å². The Bertz CT molecular complexity index is 780. The Hall–Kier alpha value is -1.28. The molecule has 0 unspecified atom stereocenters. The van der Waals surface area contributed by atoms with Gasteiger partial charge in [0.05, 0.1) is 4.90 Å². The Morgan fingerprint density at radius 2 is 2.04 bits per heavy atom. The fraction of sp³-hybridized carbons (Fsp3) is 0.438. The molecule has 1 aromatic carbocycles. The number of nitrogens with one attached hydrogen (secondary N) is 1. The topological polar surface area (TPSA) is 62.3 Å². The second-order valence-corrected chi connectivity index (χ2v) is 8.68. The molecular weight excluding hydrogens is 330 g/mol. The molecular formula is C16H21N3O2S2. The molecule has 0 aliphatic carbocycles. The van der Waals surface area contributed by atoms with E-state index in [-0.39, 0.29) is 6.04 Å². The van der Waals surface area contributed by atoms with E-state index in [1.54, 1.807) is 25.2 Å². The summed E-state index contributed by atoms with van der Waals surface area (Å²) in [6, 6.07) is 7.14. The average Bonchev–Trinajstić information content (AvgIpc) is 3.01. The van der Waals surface area contributed by atoms with Crippen molar-refractivity contribution in [2.24, 2.45) is 0 Å². The molecule has 7 heteroatoms. The Kier molecular flexibility index (Phi) is 4.82. The van der Waals surface area contributed by atoms with Crippen molar-refractivity contribution in [3.8, 4) is 10.6 Å². The molecule has 23 heavy (non-hydrogen) atoms. The van der Waals surface area contributed by atoms with Gasteiger partial charge in [-0.2, -0.15) is 4.31 Å². The molecule has 1 aliphatic rings. The lowest BCUT2D eigenvalue weighted by Crippen LogP contribution is -2.43. The molecule has 5 nitrogen and oxygen atoms in total. The summed E-state index contributed by atoms with van der Waals surface area (Å²) in [5, 5.41) is 6.09. The quantitative estimate of drug-likeness (QED) is 0.919. The lowest BCUT2D eigenvalue weighted by molar-refractivity contribution is 0.296. The van der Waals surface area contributed by atoms with Gasteiger partial charge in [-0.3, -0.25) is 0 Å². The van der Waals surface area contributed by atoms with Crippen LogP contribution in [0.4, 0.5) is 0 Å². The van der Waals surface area contributed by atoms with Crippen LogP contribution in [0, 0.1) is 6.92 Å². The van der Waals surface area contributed by atoms with Gasteiger partial charge in [0.2, 0.25) is 10.0 Å². The van der Waals surface area contributed by atoms with Gasteiger partial charge in [-0.25, -0.2) is 13.4 Å². The molecule has 124 valence electrons. The first kappa shape index (κ1) is 16.6. The van der Waals surface area contributed by atoms with Gasteiger partial charge in [0.1, 0.15) is 5.01 Å². The predicted octanol–water partition coefficient (Wildman–Crippen LogP) is 2.49. The largest absolute Gasteiger partial charge is 0.317 e. The molecule has 0 spiro atoms. The van der Waals surface area contributed by atoms with Crippen LogP contribution in [-0.2, 0) is 10.0 Å². The van der Waals surface area contributed by atoms with Crippen molar-refractivity contribution in [1.82, 2.24) is 14.6 Å². The van der Waals surface area contributed by atoms with E-state index in [4.69, 9.17) is 0 Å². The zero-order valence-corrected chi connectivity index (χ0v) is 15.0. The van der Waals surface area contributed by atoms with Crippen LogP contribution in [0.3, 0.4) is 0 Å². The number of nitrogens with zero attached hydrogens (tertiary/aromatic N) is 2. The van der Waals surface area contributed by atoms with Gasteiger partial charge >= 0.3 is 0 Å². The minimum absolute atomic E-state index is 0.0620. The van der Waals surface area contributed by atoms with Gasteiger partial charge in [0.25, 0.3) is 0 Å². The maximum Gasteiger partial charge on any atom is 0.243 e. The molecule has 1 aliphatic heterocycles. The van der Waals surface area contributed by atoms with Crippen LogP contribution in [0.25, 0.3) is 10.6 Å². The van der Waals surface area contributed by atoms with Crippen LogP contribution < -0.4 is 5.32 Å². The molecule has 3 rings (SSSR count). The smallest absolute Gasteiger partial charge is 0.243 e. The van der Waals surface area contributed by atoms with Crippen molar-refractivity contribution in [2.75, 3.05) is 20.1 Å². The van der Waals surface area contributed by atoms with Crippen LogP contribution in [0.2, 0.25) is 0 Å². The first-order chi connectivity index (χ1) is 11.0. The Morgan fingerprint density at radius 3 is 2.70 bits per heavy atom. The zero-order chi connectivity index (χ0) is 16.4. The molecule has 0 atom stereocenters. The van der Waals surface area contributed by atoms with Crippen molar-refractivity contribution in [3.05, 3.63) is 35.3 Å². The molecule has 0 radical (unpaired) electrons. The van der Waals surface area contributed by atoms with E-state index >= 15 is 0 Å². The van der Waals surface area contributed by atoms with Gasteiger partial charge in [-0.1, -0.05) is 12.1 Å². The van der Waals surface area contributed by atoms with Gasteiger partial charge in [-0.15, -0.1) is 11.3 Å². The predicted molar refractivity (Wildman–Crippen MR) is 93.1 cm³/mol. The van der Waals surface area contributed by atoms with E-state index in [0.717, 1.165) is 42.2 Å². The van der Waals surface area contributed by atoms with Crippen LogP contribution >= 0.6 is 11.3 Å². The van der Waals surface area contributed by atoms with E-state index in [9.17, 15) is 8.42 Å². The fourth-order valence-electron chi connectivity index (χ4n) is 2.81. The van der Waals surface area contributed by atoms with Crippen molar-refractivity contribution >= 4 is 21.4 Å². The maximum atomic E-state index is 12.9. The summed E-state index contributed by atoms with van der Waals surface area (Å²) >= 11 is 1.53. The van der Waals surface area contributed by atoms with E-state index < -0.39 is 10.0 Å². The van der Waals surface area contributed by atoms with E-state index in [2.05, 4.69) is 10.3 Å². The summed E-state index contributed by atoms with van der Waals surface area (Å²) in [4.78, 5) is 4.78. The standard InChI is InChI=1S/C16H21N3O2S2/c1-12-11-22-16(18-12)13-4-3-5-15(10-13)23(20,21)19(2)14-6-8-17-9-7-14/h3-5,10-11,14,17H,6-9H2,1-2H3. The van der Waals surface area contributed by atoms with Gasteiger partial charge in [-0.05, 0) is 45.0 Å². The van der Waals surface area contributed by atoms with Crippen LogP contribution in [-0.4, -0.2) is 43.9 Å². The van der Waals surface area contributed by atoms with Crippen molar-refractivity contribution in [2.45, 2.75) is 30.7 Å². The third-order valence-electron chi connectivity index (χ3n) is 4.20. The maximum absolute atomic E-state index is 12.9. The summed E-state index contributed by atoms with van der Waals surface area (Å²) in [5.41, 5.74) is 1.80. The van der Waals surface area contributed by atoms with E-state index in [1.165, 1.54) is 15.6 Å². The number of rotatable bonds is 4. The molecule has 2 heterocycles. The highest BCUT2D eigenvalue weighted by Gasteiger charge is 2.29. The number of thiazole rings is 1. The summed E-state index contributed by atoms with van der Waals surface area (Å²) in [7, 11) is -1.79. The summed E-state index contributed by atoms with van der Waals surface area (Å²) in [6.07, 6.45) is 1.70. The van der Waals surface area contributed by atoms with Crippen LogP contribution in [0.5, 0.6) is 0 Å². The van der Waals surface area contributed by atoms with Gasteiger partial charge in [0.15, 0.2) is 0 Å². The van der Waals surface area contributed by atoms with Gasteiger partial charge < -0.3 is 5.32 Å². The molecule has 1 N–H and O–H groups in total. The molecule has 2 aromatic rings. The highest BCUT2D eigenvalue weighted by molar-refractivity contribution is 7.89. The number of sulfonamides is 1. The average molecular weight is 351 g/mol. The number of benzene rings is 1. The van der Waals surface area contributed by atoms with Crippen LogP contribution in [0.1, 0.15) is 18.5 Å². The first-order valence-electron chi connectivity index (χ1n) is 7.70. The fourth-order valence-corrected chi connectivity index (χ4v) is 5.07. The molecule has 1 aromatic heterocycles. The number of aromatic nitrogens is 1. The first-order valence-corrected chi connectivity index (χ1v) is 10.0. The summed E-state index contributed by atoms with van der Waals surface area (Å²) < 4.78 is 27.3. The lowest BCUT2D eigenvalue weighted by Gasteiger charge is -2.30. The number of piperidine rings is 1. The number of hydrogen-bond acceptors (Lipinski definition) is 5. The molecule has 1 fully saturated rings. The summed E-state index contributed by atoms with van der Waals surface area (Å²) in [5.74, 6) is 0. The SMILES string of the molecule is Cc1csc(-c2cccc(S(=O)(=O)N(C)C3CCNCC3)c2)n1. The van der Waals surface area contributed by atoms with Crippen LogP contribution in [0.15, 0.2) is 34.5 Å². The van der Waals surface area contributed by atoms with E-state index in [1.807, 2.05) is 18.4 Å². The minimum Gasteiger partial charge on any atom is -0.317 e. The van der Waals surface area contributed by atoms with E-state index in [0.29, 0.717) is 4.90 Å². The third-order valence-corrected chi connectivity index (χ3v) is 7.12. The molecule has 1 saturated heterocycles. The second-order valence-electron chi connectivity index (χ2n) is 5.82. The Morgan fingerprint density at radius 1 is 1.30 bits per heavy atom. The zero-order valence-electron chi connectivity index (χ0n) is 13.3. The summed E-state index contributed by atoms with van der Waals surface area (Å²) in [6.45, 7) is 3.66. The van der Waals surface area contributed by atoms with Gasteiger partial charge in [0, 0.05) is 29.7 Å². The molecule has 0 amide bonds. The second kappa shape index (κ2) is 6.68. The number of hydrogen-bond donors (Lipinski definition) is 1. The highest BCUT2D eigenvalue weighted by Crippen LogP contribution is 2.28. The number of aryl methyl sites for hydroxylation is 1.